The Balaban J connectivity index is 2.11. The number of hydrogen-bond acceptors (Lipinski definition) is 6. The summed E-state index contributed by atoms with van der Waals surface area (Å²) >= 11 is 0. The first-order chi connectivity index (χ1) is 8.88. The molecule has 0 spiro atoms. The topological polar surface area (TPSA) is 90.3 Å². The van der Waals surface area contributed by atoms with Gasteiger partial charge in [0.2, 0.25) is 0 Å². The van der Waals surface area contributed by atoms with Crippen LogP contribution in [0.4, 0.5) is 19.0 Å². The maximum atomic E-state index is 12.5. The van der Waals surface area contributed by atoms with E-state index in [1.54, 1.807) is 0 Å². The van der Waals surface area contributed by atoms with Crippen LogP contribution in [0.15, 0.2) is 12.4 Å². The van der Waals surface area contributed by atoms with Crippen molar-refractivity contribution in [2.24, 2.45) is 0 Å². The molecule has 0 aliphatic carbocycles. The summed E-state index contributed by atoms with van der Waals surface area (Å²) < 4.78 is 37.4. The highest BCUT2D eigenvalue weighted by molar-refractivity contribution is 5.34. The van der Waals surface area contributed by atoms with Crippen LogP contribution < -0.4 is 10.6 Å². The Morgan fingerprint density at radius 3 is 2.68 bits per heavy atom. The zero-order valence-corrected chi connectivity index (χ0v) is 9.72. The van der Waals surface area contributed by atoms with Crippen molar-refractivity contribution >= 4 is 5.82 Å². The van der Waals surface area contributed by atoms with Crippen molar-refractivity contribution in [1.82, 2.24) is 15.3 Å². The molecule has 1 aromatic rings. The van der Waals surface area contributed by atoms with Crippen molar-refractivity contribution in [1.29, 1.82) is 0 Å². The highest BCUT2D eigenvalue weighted by Gasteiger charge is 2.34. The molecule has 1 fully saturated rings. The second-order valence-electron chi connectivity index (χ2n) is 4.25. The number of aromatic nitrogens is 2. The van der Waals surface area contributed by atoms with Gasteiger partial charge in [0, 0.05) is 13.1 Å². The van der Waals surface area contributed by atoms with Crippen LogP contribution in [0, 0.1) is 0 Å². The summed E-state index contributed by atoms with van der Waals surface area (Å²) in [6.45, 7) is 0.532. The Bertz CT molecular complexity index is 443. The van der Waals surface area contributed by atoms with Gasteiger partial charge in [0.1, 0.15) is 11.9 Å². The predicted octanol–water partition coefficient (Wildman–Crippen LogP) is -0.399. The summed E-state index contributed by atoms with van der Waals surface area (Å²) in [7, 11) is 0. The van der Waals surface area contributed by atoms with E-state index in [4.69, 9.17) is 0 Å². The van der Waals surface area contributed by atoms with Crippen molar-refractivity contribution in [2.45, 2.75) is 24.4 Å². The Morgan fingerprint density at radius 1 is 1.26 bits per heavy atom. The van der Waals surface area contributed by atoms with E-state index in [1.807, 2.05) is 0 Å². The molecule has 4 N–H and O–H groups in total. The lowest BCUT2D eigenvalue weighted by Gasteiger charge is -2.33. The molecule has 0 bridgehead atoms. The molecule has 0 saturated carbocycles. The number of alkyl halides is 3. The zero-order chi connectivity index (χ0) is 14.0. The minimum atomic E-state index is -4.58. The summed E-state index contributed by atoms with van der Waals surface area (Å²) in [6, 6.07) is -0.637. The summed E-state index contributed by atoms with van der Waals surface area (Å²) in [5.74, 6) is -0.102. The second kappa shape index (κ2) is 5.27. The van der Waals surface area contributed by atoms with Gasteiger partial charge in [-0.3, -0.25) is 4.98 Å². The summed E-state index contributed by atoms with van der Waals surface area (Å²) in [5.41, 5.74) is -1.11. The molecule has 1 aliphatic rings. The minimum Gasteiger partial charge on any atom is -0.389 e. The molecular weight excluding hydrogens is 265 g/mol. The van der Waals surface area contributed by atoms with Crippen molar-refractivity contribution in [2.75, 3.05) is 18.4 Å². The van der Waals surface area contributed by atoms with Crippen molar-refractivity contribution in [3.05, 3.63) is 18.1 Å². The van der Waals surface area contributed by atoms with Gasteiger partial charge in [-0.1, -0.05) is 0 Å². The molecule has 106 valence electrons. The van der Waals surface area contributed by atoms with Crippen LogP contribution in [-0.2, 0) is 6.18 Å². The number of piperidine rings is 1. The number of nitrogens with zero attached hydrogens (tertiary/aromatic N) is 2. The van der Waals surface area contributed by atoms with Crippen LogP contribution >= 0.6 is 0 Å². The summed E-state index contributed by atoms with van der Waals surface area (Å²) in [4.78, 5) is 6.83. The Hall–Kier alpha value is -1.45. The van der Waals surface area contributed by atoms with Gasteiger partial charge in [0.05, 0.1) is 24.5 Å². The zero-order valence-electron chi connectivity index (χ0n) is 9.72. The van der Waals surface area contributed by atoms with Crippen LogP contribution in [0.3, 0.4) is 0 Å². The Kier molecular flexibility index (Phi) is 3.88. The van der Waals surface area contributed by atoms with Gasteiger partial charge >= 0.3 is 6.18 Å². The lowest BCUT2D eigenvalue weighted by molar-refractivity contribution is -0.141. The van der Waals surface area contributed by atoms with Gasteiger partial charge in [-0.25, -0.2) is 4.98 Å². The average Bonchev–Trinajstić information content (AvgIpc) is 2.34. The second-order valence-corrected chi connectivity index (χ2v) is 4.25. The van der Waals surface area contributed by atoms with Crippen molar-refractivity contribution in [3.63, 3.8) is 0 Å². The van der Waals surface area contributed by atoms with Gasteiger partial charge in [-0.05, 0) is 0 Å². The van der Waals surface area contributed by atoms with E-state index in [0.29, 0.717) is 12.7 Å². The molecule has 0 unspecified atom stereocenters. The molecular formula is C10H13F3N4O2. The molecule has 0 aromatic carbocycles. The SMILES string of the molecule is O[C@@H]1[C@@H](Nc2cncc(C(F)(F)F)n2)CNC[C@@H]1O. The van der Waals surface area contributed by atoms with Crippen molar-refractivity contribution in [3.8, 4) is 0 Å². The normalized spacial score (nSPS) is 28.2. The third-order valence-corrected chi connectivity index (χ3v) is 2.78. The van der Waals surface area contributed by atoms with Crippen LogP contribution in [0.5, 0.6) is 0 Å². The summed E-state index contributed by atoms with van der Waals surface area (Å²) in [6.07, 6.45) is -4.89. The number of β-amino-alcohol motifs (C(OH)–C–C–N with tert-alkyl or cyclic N) is 1. The maximum absolute atomic E-state index is 12.5. The average molecular weight is 278 g/mol. The van der Waals surface area contributed by atoms with Crippen LogP contribution in [-0.4, -0.2) is 51.5 Å². The van der Waals surface area contributed by atoms with Crippen LogP contribution in [0.2, 0.25) is 0 Å². The number of halogens is 3. The molecule has 0 amide bonds. The van der Waals surface area contributed by atoms with E-state index in [1.165, 1.54) is 0 Å². The van der Waals surface area contributed by atoms with E-state index in [9.17, 15) is 23.4 Å². The molecule has 6 nitrogen and oxygen atoms in total. The minimum absolute atomic E-state index is 0.102. The standard InChI is InChI=1S/C10H13F3N4O2/c11-10(12,13)7-3-15-4-8(17-7)16-5-1-14-2-6(18)9(5)19/h3-6,9,14,18-19H,1-2H2,(H,16,17)/t5-,6-,9+/m0/s1. The molecule has 9 heteroatoms. The number of aliphatic hydroxyl groups excluding tert-OH is 2. The van der Waals surface area contributed by atoms with Crippen LogP contribution in [0.1, 0.15) is 5.69 Å². The van der Waals surface area contributed by atoms with E-state index < -0.39 is 30.1 Å². The molecule has 1 saturated heterocycles. The third kappa shape index (κ3) is 3.31. The molecule has 1 aromatic heterocycles. The molecule has 19 heavy (non-hydrogen) atoms. The molecule has 3 atom stereocenters. The first-order valence-corrected chi connectivity index (χ1v) is 5.60. The highest BCUT2D eigenvalue weighted by Crippen LogP contribution is 2.27. The van der Waals surface area contributed by atoms with E-state index >= 15 is 0 Å². The highest BCUT2D eigenvalue weighted by atomic mass is 19.4. The van der Waals surface area contributed by atoms with Gasteiger partial charge in [0.25, 0.3) is 0 Å². The smallest absolute Gasteiger partial charge is 0.389 e. The fourth-order valence-corrected chi connectivity index (χ4v) is 1.79. The van der Waals surface area contributed by atoms with Gasteiger partial charge in [-0.2, -0.15) is 13.2 Å². The fourth-order valence-electron chi connectivity index (χ4n) is 1.79. The quantitative estimate of drug-likeness (QED) is 0.588. The molecule has 2 rings (SSSR count). The number of aliphatic hydroxyl groups is 2. The first kappa shape index (κ1) is 14.0. The van der Waals surface area contributed by atoms with Crippen molar-refractivity contribution < 1.29 is 23.4 Å². The number of nitrogens with one attached hydrogen (secondary N) is 2. The Labute approximate surface area is 106 Å². The van der Waals surface area contributed by atoms with E-state index in [-0.39, 0.29) is 12.4 Å². The molecule has 0 radical (unpaired) electrons. The van der Waals surface area contributed by atoms with Gasteiger partial charge in [0.15, 0.2) is 5.69 Å². The largest absolute Gasteiger partial charge is 0.434 e. The predicted molar refractivity (Wildman–Crippen MR) is 59.3 cm³/mol. The van der Waals surface area contributed by atoms with E-state index in [2.05, 4.69) is 20.6 Å². The van der Waals surface area contributed by atoms with E-state index in [0.717, 1.165) is 6.20 Å². The van der Waals surface area contributed by atoms with Gasteiger partial charge in [-0.15, -0.1) is 0 Å². The molecule has 2 heterocycles. The fraction of sp³-hybridized carbons (Fsp3) is 0.600. The van der Waals surface area contributed by atoms with Crippen LogP contribution in [0.25, 0.3) is 0 Å². The number of hydrogen-bond donors (Lipinski definition) is 4. The lowest BCUT2D eigenvalue weighted by atomic mass is 10.0. The molecule has 1 aliphatic heterocycles. The van der Waals surface area contributed by atoms with Gasteiger partial charge < -0.3 is 20.8 Å². The summed E-state index contributed by atoms with van der Waals surface area (Å²) in [5, 5.41) is 24.6. The third-order valence-electron chi connectivity index (χ3n) is 2.78. The lowest BCUT2D eigenvalue weighted by Crippen LogP contribution is -2.56. The monoisotopic (exact) mass is 278 g/mol. The number of anilines is 1. The maximum Gasteiger partial charge on any atom is 0.434 e. The Morgan fingerprint density at radius 2 is 2.00 bits per heavy atom. The number of rotatable bonds is 2. The first-order valence-electron chi connectivity index (χ1n) is 5.60.